The number of halogens is 2. The third-order valence-corrected chi connectivity index (χ3v) is 8.75. The van der Waals surface area contributed by atoms with Gasteiger partial charge in [0, 0.05) is 37.7 Å². The number of aldehydes is 1. The number of carbonyl (C=O) groups excluding carboxylic acids is 2. The van der Waals surface area contributed by atoms with Crippen molar-refractivity contribution in [2.75, 3.05) is 19.7 Å². The molecule has 0 radical (unpaired) electrons. The molecule has 2 heterocycles. The molecule has 226 valence electrons. The molecule has 0 bridgehead atoms. The minimum absolute atomic E-state index is 0.0430. The van der Waals surface area contributed by atoms with Gasteiger partial charge in [-0.25, -0.2) is 27.0 Å². The summed E-state index contributed by atoms with van der Waals surface area (Å²) in [6.45, 7) is 9.31. The molecule has 1 aromatic rings. The zero-order valence-corrected chi connectivity index (χ0v) is 24.7. The van der Waals surface area contributed by atoms with Crippen molar-refractivity contribution in [1.82, 2.24) is 14.2 Å². The number of aryl methyl sites for hydroxylation is 1. The fourth-order valence-corrected chi connectivity index (χ4v) is 6.31. The van der Waals surface area contributed by atoms with Gasteiger partial charge >= 0.3 is 6.09 Å². The first-order chi connectivity index (χ1) is 18.6. The topological polar surface area (TPSA) is 115 Å². The molecule has 2 fully saturated rings. The van der Waals surface area contributed by atoms with Crippen LogP contribution < -0.4 is 4.74 Å². The van der Waals surface area contributed by atoms with Crippen LogP contribution >= 0.6 is 0 Å². The Morgan fingerprint density at radius 3 is 2.58 bits per heavy atom. The summed E-state index contributed by atoms with van der Waals surface area (Å²) < 4.78 is 71.7. The average Bonchev–Trinajstić information content (AvgIpc) is 3.33. The minimum Gasteiger partial charge on any atom is -0.474 e. The lowest BCUT2D eigenvalue weighted by atomic mass is 9.91. The highest BCUT2D eigenvalue weighted by Crippen LogP contribution is 2.36. The summed E-state index contributed by atoms with van der Waals surface area (Å²) >= 11 is 0. The van der Waals surface area contributed by atoms with Gasteiger partial charge in [0.15, 0.2) is 12.5 Å². The smallest absolute Gasteiger partial charge is 0.410 e. The lowest BCUT2D eigenvalue weighted by Crippen LogP contribution is -2.46. The molecule has 1 amide bonds. The van der Waals surface area contributed by atoms with E-state index < -0.39 is 40.0 Å². The number of hydrogen-bond acceptors (Lipinski definition) is 8. The SMILES string of the molecule is Cc1ccc(S(=O)(=O)N2CCOC2C=O)c(O[C@H](C)CCCCN(C(=O)OC(C)(C)C)C2CCC(F)(F)CC2)n1. The van der Waals surface area contributed by atoms with Crippen LogP contribution in [0, 0.1) is 6.92 Å². The van der Waals surface area contributed by atoms with E-state index >= 15 is 0 Å². The van der Waals surface area contributed by atoms with Gasteiger partial charge in [0.25, 0.3) is 10.0 Å². The summed E-state index contributed by atoms with van der Waals surface area (Å²) in [5.41, 5.74) is -0.140. The van der Waals surface area contributed by atoms with E-state index in [1.54, 1.807) is 45.6 Å². The van der Waals surface area contributed by atoms with Crippen LogP contribution in [0.25, 0.3) is 0 Å². The van der Waals surface area contributed by atoms with Crippen molar-refractivity contribution < 1.29 is 41.0 Å². The maximum atomic E-state index is 13.7. The molecular weight excluding hydrogens is 548 g/mol. The van der Waals surface area contributed by atoms with Gasteiger partial charge in [-0.3, -0.25) is 4.79 Å². The van der Waals surface area contributed by atoms with Crippen LogP contribution in [-0.2, 0) is 24.3 Å². The lowest BCUT2D eigenvalue weighted by Gasteiger charge is -2.37. The van der Waals surface area contributed by atoms with Gasteiger partial charge in [-0.2, -0.15) is 4.31 Å². The predicted molar refractivity (Wildman–Crippen MR) is 143 cm³/mol. The highest BCUT2D eigenvalue weighted by molar-refractivity contribution is 7.89. The fourth-order valence-electron chi connectivity index (χ4n) is 4.81. The number of rotatable bonds is 11. The first-order valence-corrected chi connectivity index (χ1v) is 15.2. The molecule has 0 aromatic carbocycles. The van der Waals surface area contributed by atoms with Crippen LogP contribution in [0.1, 0.15) is 78.3 Å². The number of hydrogen-bond donors (Lipinski definition) is 0. The zero-order chi connectivity index (χ0) is 29.7. The molecule has 1 saturated heterocycles. The van der Waals surface area contributed by atoms with Crippen LogP contribution in [0.3, 0.4) is 0 Å². The summed E-state index contributed by atoms with van der Waals surface area (Å²) in [5.74, 6) is -2.75. The van der Waals surface area contributed by atoms with Gasteiger partial charge in [0.1, 0.15) is 10.5 Å². The molecule has 0 N–H and O–H groups in total. The number of nitrogens with zero attached hydrogens (tertiary/aromatic N) is 3. The van der Waals surface area contributed by atoms with Crippen molar-refractivity contribution in [1.29, 1.82) is 0 Å². The second kappa shape index (κ2) is 13.1. The molecule has 1 saturated carbocycles. The third kappa shape index (κ3) is 8.56. The third-order valence-electron chi connectivity index (χ3n) is 6.88. The molecule has 1 aliphatic heterocycles. The second-order valence-corrected chi connectivity index (χ2v) is 13.3. The number of unbranched alkanes of at least 4 members (excludes halogenated alkanes) is 1. The number of amides is 1. The number of alkyl halides is 2. The van der Waals surface area contributed by atoms with Gasteiger partial charge in [-0.05, 0) is 78.9 Å². The fraction of sp³-hybridized carbons (Fsp3) is 0.741. The van der Waals surface area contributed by atoms with E-state index in [0.29, 0.717) is 37.8 Å². The van der Waals surface area contributed by atoms with Gasteiger partial charge in [0.05, 0.1) is 12.7 Å². The summed E-state index contributed by atoms with van der Waals surface area (Å²) in [7, 11) is -4.10. The Morgan fingerprint density at radius 2 is 1.95 bits per heavy atom. The molecule has 2 atom stereocenters. The average molecular weight is 590 g/mol. The quantitative estimate of drug-likeness (QED) is 0.270. The Hall–Kier alpha value is -2.38. The molecular formula is C27H41F2N3O7S. The molecule has 0 spiro atoms. The Kier molecular flexibility index (Phi) is 10.5. The predicted octanol–water partition coefficient (Wildman–Crippen LogP) is 4.69. The molecule has 3 rings (SSSR count). The Labute approximate surface area is 235 Å². The van der Waals surface area contributed by atoms with Gasteiger partial charge in [-0.1, -0.05) is 0 Å². The summed E-state index contributed by atoms with van der Waals surface area (Å²) in [5, 5.41) is 0. The molecule has 13 heteroatoms. The summed E-state index contributed by atoms with van der Waals surface area (Å²) in [4.78, 5) is 29.9. The van der Waals surface area contributed by atoms with Crippen molar-refractivity contribution in [2.45, 2.75) is 114 Å². The maximum Gasteiger partial charge on any atom is 0.410 e. The normalized spacial score (nSPS) is 21.1. The summed E-state index contributed by atoms with van der Waals surface area (Å²) in [6, 6.07) is 2.66. The number of sulfonamides is 1. The monoisotopic (exact) mass is 589 g/mol. The molecule has 1 aromatic heterocycles. The Balaban J connectivity index is 1.62. The van der Waals surface area contributed by atoms with E-state index in [2.05, 4.69) is 4.98 Å². The number of aromatic nitrogens is 1. The van der Waals surface area contributed by atoms with E-state index in [4.69, 9.17) is 14.2 Å². The second-order valence-electron chi connectivity index (χ2n) is 11.5. The van der Waals surface area contributed by atoms with Crippen LogP contribution in [-0.4, -0.2) is 84.6 Å². The first-order valence-electron chi connectivity index (χ1n) is 13.7. The van der Waals surface area contributed by atoms with E-state index in [1.807, 2.05) is 0 Å². The van der Waals surface area contributed by atoms with Crippen molar-refractivity contribution >= 4 is 22.4 Å². The Morgan fingerprint density at radius 1 is 1.27 bits per heavy atom. The Bertz CT molecular complexity index is 1130. The highest BCUT2D eigenvalue weighted by atomic mass is 32.2. The van der Waals surface area contributed by atoms with Crippen molar-refractivity contribution in [3.05, 3.63) is 17.8 Å². The summed E-state index contributed by atoms with van der Waals surface area (Å²) in [6.07, 6.45) is -0.0131. The van der Waals surface area contributed by atoms with Gasteiger partial charge < -0.3 is 19.1 Å². The number of ether oxygens (including phenoxy) is 3. The first kappa shape index (κ1) is 32.1. The van der Waals surface area contributed by atoms with E-state index in [-0.39, 0.29) is 55.7 Å². The number of carbonyl (C=O) groups is 2. The van der Waals surface area contributed by atoms with E-state index in [0.717, 1.165) is 4.31 Å². The van der Waals surface area contributed by atoms with Crippen molar-refractivity contribution in [3.8, 4) is 5.88 Å². The standard InChI is InChI=1S/C27H41F2N3O7S/c1-19-9-10-22(40(35,36)32-16-17-37-23(32)18-33)24(30-19)38-20(2)8-6-7-15-31(25(34)39-26(3,4)5)21-11-13-27(28,29)14-12-21/h9-10,18,20-21,23H,6-8,11-17H2,1-5H3/t20-,23?/m1/s1. The van der Waals surface area contributed by atoms with Crippen LogP contribution in [0.4, 0.5) is 13.6 Å². The zero-order valence-electron chi connectivity index (χ0n) is 23.9. The highest BCUT2D eigenvalue weighted by Gasteiger charge is 2.40. The largest absolute Gasteiger partial charge is 0.474 e. The van der Waals surface area contributed by atoms with Crippen molar-refractivity contribution in [3.63, 3.8) is 0 Å². The van der Waals surface area contributed by atoms with Gasteiger partial charge in [-0.15, -0.1) is 0 Å². The van der Waals surface area contributed by atoms with Crippen LogP contribution in [0.15, 0.2) is 17.0 Å². The lowest BCUT2D eigenvalue weighted by molar-refractivity contribution is -0.118. The van der Waals surface area contributed by atoms with Crippen LogP contribution in [0.5, 0.6) is 5.88 Å². The molecule has 1 unspecified atom stereocenters. The number of pyridine rings is 1. The molecule has 2 aliphatic rings. The van der Waals surface area contributed by atoms with Gasteiger partial charge in [0.2, 0.25) is 11.8 Å². The molecule has 10 nitrogen and oxygen atoms in total. The van der Waals surface area contributed by atoms with E-state index in [9.17, 15) is 26.8 Å². The molecule has 40 heavy (non-hydrogen) atoms. The maximum absolute atomic E-state index is 13.7. The van der Waals surface area contributed by atoms with E-state index in [1.165, 1.54) is 6.07 Å². The minimum atomic E-state index is -4.10. The molecule has 1 aliphatic carbocycles. The van der Waals surface area contributed by atoms with Crippen molar-refractivity contribution in [2.24, 2.45) is 0 Å². The van der Waals surface area contributed by atoms with Crippen LogP contribution in [0.2, 0.25) is 0 Å².